The van der Waals surface area contributed by atoms with Crippen molar-refractivity contribution in [2.45, 2.75) is 26.7 Å². The highest BCUT2D eigenvalue weighted by molar-refractivity contribution is 5.74. The van der Waals surface area contributed by atoms with Crippen molar-refractivity contribution in [2.75, 3.05) is 0 Å². The van der Waals surface area contributed by atoms with Crippen molar-refractivity contribution in [1.82, 2.24) is 19.9 Å². The zero-order chi connectivity index (χ0) is 14.8. The van der Waals surface area contributed by atoms with Gasteiger partial charge in [0.25, 0.3) is 5.56 Å². The predicted molar refractivity (Wildman–Crippen MR) is 82.3 cm³/mol. The zero-order valence-corrected chi connectivity index (χ0v) is 12.2. The molecule has 0 saturated carbocycles. The second kappa shape index (κ2) is 5.52. The molecule has 3 rings (SSSR count). The van der Waals surface area contributed by atoms with Gasteiger partial charge in [-0.25, -0.2) is 9.97 Å². The molecule has 2 aromatic heterocycles. The first-order valence-corrected chi connectivity index (χ1v) is 7.13. The first-order chi connectivity index (χ1) is 10.1. The summed E-state index contributed by atoms with van der Waals surface area (Å²) in [7, 11) is 0. The number of fused-ring (bicyclic) bond motifs is 1. The maximum Gasteiger partial charge on any atom is 0.251 e. The summed E-state index contributed by atoms with van der Waals surface area (Å²) in [6, 6.07) is 9.43. The van der Waals surface area contributed by atoms with E-state index >= 15 is 0 Å². The minimum Gasteiger partial charge on any atom is -0.342 e. The van der Waals surface area contributed by atoms with Crippen molar-refractivity contribution in [3.63, 3.8) is 0 Å². The number of hydrogen-bond acceptors (Lipinski definition) is 3. The Labute approximate surface area is 122 Å². The molecule has 0 aliphatic rings. The third kappa shape index (κ3) is 3.18. The van der Waals surface area contributed by atoms with Crippen molar-refractivity contribution in [3.05, 3.63) is 58.0 Å². The first-order valence-electron chi connectivity index (χ1n) is 7.13. The second-order valence-corrected chi connectivity index (χ2v) is 5.66. The molecule has 3 aromatic rings. The summed E-state index contributed by atoms with van der Waals surface area (Å²) in [4.78, 5) is 26.8. The molecule has 0 fully saturated rings. The van der Waals surface area contributed by atoms with Crippen LogP contribution in [0.5, 0.6) is 0 Å². The summed E-state index contributed by atoms with van der Waals surface area (Å²) in [5.74, 6) is 1.93. The molecule has 5 heteroatoms. The minimum absolute atomic E-state index is 0.105. The second-order valence-electron chi connectivity index (χ2n) is 5.66. The van der Waals surface area contributed by atoms with Crippen molar-refractivity contribution in [3.8, 4) is 0 Å². The maximum atomic E-state index is 11.7. The Balaban J connectivity index is 1.90. The molecule has 0 bridgehead atoms. The molecule has 5 nitrogen and oxygen atoms in total. The lowest BCUT2D eigenvalue weighted by Crippen LogP contribution is -2.14. The molecule has 0 aliphatic carbocycles. The Morgan fingerprint density at radius 2 is 1.86 bits per heavy atom. The highest BCUT2D eigenvalue weighted by Crippen LogP contribution is 2.12. The molecule has 0 radical (unpaired) electrons. The van der Waals surface area contributed by atoms with E-state index in [4.69, 9.17) is 0 Å². The van der Waals surface area contributed by atoms with E-state index in [9.17, 15) is 4.79 Å². The lowest BCUT2D eigenvalue weighted by molar-refractivity contribution is 0.629. The van der Waals surface area contributed by atoms with Crippen LogP contribution in [0.25, 0.3) is 11.0 Å². The molecule has 0 aliphatic heterocycles. The quantitative estimate of drug-likeness (QED) is 0.771. The Morgan fingerprint density at radius 3 is 2.62 bits per heavy atom. The van der Waals surface area contributed by atoms with Gasteiger partial charge in [0.2, 0.25) is 0 Å². The van der Waals surface area contributed by atoms with E-state index in [1.807, 2.05) is 24.3 Å². The number of rotatable bonds is 4. The van der Waals surface area contributed by atoms with E-state index in [0.717, 1.165) is 29.0 Å². The van der Waals surface area contributed by atoms with E-state index < -0.39 is 0 Å². The lowest BCUT2D eigenvalue weighted by atomic mass is 10.1. The van der Waals surface area contributed by atoms with Gasteiger partial charge in [0.05, 0.1) is 17.5 Å². The van der Waals surface area contributed by atoms with Gasteiger partial charge in [0.1, 0.15) is 11.6 Å². The van der Waals surface area contributed by atoms with Gasteiger partial charge in [-0.3, -0.25) is 4.79 Å². The number of imidazole rings is 1. The number of benzene rings is 1. The van der Waals surface area contributed by atoms with Crippen LogP contribution in [-0.2, 0) is 12.8 Å². The molecule has 0 spiro atoms. The van der Waals surface area contributed by atoms with Crippen molar-refractivity contribution in [1.29, 1.82) is 0 Å². The smallest absolute Gasteiger partial charge is 0.251 e. The molecule has 2 N–H and O–H groups in total. The summed E-state index contributed by atoms with van der Waals surface area (Å²) in [6.45, 7) is 4.23. The number of nitrogens with one attached hydrogen (secondary N) is 2. The summed E-state index contributed by atoms with van der Waals surface area (Å²) in [5, 5.41) is 0. The molecule has 0 unspecified atom stereocenters. The van der Waals surface area contributed by atoms with Crippen LogP contribution in [-0.4, -0.2) is 19.9 Å². The summed E-state index contributed by atoms with van der Waals surface area (Å²) < 4.78 is 0. The first kappa shape index (κ1) is 13.5. The number of aromatic nitrogens is 4. The molecule has 0 atom stereocenters. The van der Waals surface area contributed by atoms with Crippen molar-refractivity contribution < 1.29 is 0 Å². The van der Waals surface area contributed by atoms with E-state index in [1.165, 1.54) is 0 Å². The minimum atomic E-state index is -0.105. The average Bonchev–Trinajstić information content (AvgIpc) is 2.78. The summed E-state index contributed by atoms with van der Waals surface area (Å²) in [5.41, 5.74) is 2.65. The van der Waals surface area contributed by atoms with Crippen molar-refractivity contribution >= 4 is 11.0 Å². The van der Waals surface area contributed by atoms with Crippen LogP contribution in [0.1, 0.15) is 31.2 Å². The van der Waals surface area contributed by atoms with Gasteiger partial charge in [0, 0.05) is 11.8 Å². The van der Waals surface area contributed by atoms with Crippen LogP contribution in [0.4, 0.5) is 0 Å². The van der Waals surface area contributed by atoms with Gasteiger partial charge in [-0.05, 0) is 24.5 Å². The predicted octanol–water partition coefficient (Wildman–Crippen LogP) is 2.44. The molecule has 0 saturated heterocycles. The number of para-hydroxylation sites is 2. The largest absolute Gasteiger partial charge is 0.342 e. The maximum absolute atomic E-state index is 11.7. The third-order valence-electron chi connectivity index (χ3n) is 3.23. The standard InChI is InChI=1S/C16H18N4O/c1-10(2)7-11-8-16(21)20-14(17-11)9-15-18-12-5-3-4-6-13(12)19-15/h3-6,8,10H,7,9H2,1-2H3,(H,18,19)(H,17,20,21). The van der Waals surface area contributed by atoms with Crippen LogP contribution < -0.4 is 5.56 Å². The van der Waals surface area contributed by atoms with Gasteiger partial charge < -0.3 is 9.97 Å². The van der Waals surface area contributed by atoms with Gasteiger partial charge in [-0.1, -0.05) is 26.0 Å². The third-order valence-corrected chi connectivity index (χ3v) is 3.23. The number of aromatic amines is 2. The molecule has 21 heavy (non-hydrogen) atoms. The van der Waals surface area contributed by atoms with E-state index in [-0.39, 0.29) is 5.56 Å². The fourth-order valence-corrected chi connectivity index (χ4v) is 2.42. The normalized spacial score (nSPS) is 11.4. The number of nitrogens with zero attached hydrogens (tertiary/aromatic N) is 2. The fraction of sp³-hybridized carbons (Fsp3) is 0.312. The van der Waals surface area contributed by atoms with E-state index in [0.29, 0.717) is 18.2 Å². The molecular formula is C16H18N4O. The number of H-pyrrole nitrogens is 2. The van der Waals surface area contributed by atoms with Crippen LogP contribution in [0.15, 0.2) is 35.1 Å². The van der Waals surface area contributed by atoms with Crippen LogP contribution in [0.3, 0.4) is 0 Å². The molecule has 0 amide bonds. The summed E-state index contributed by atoms with van der Waals surface area (Å²) in [6.07, 6.45) is 1.30. The molecule has 2 heterocycles. The van der Waals surface area contributed by atoms with Gasteiger partial charge >= 0.3 is 0 Å². The summed E-state index contributed by atoms with van der Waals surface area (Å²) >= 11 is 0. The van der Waals surface area contributed by atoms with Gasteiger partial charge in [-0.2, -0.15) is 0 Å². The van der Waals surface area contributed by atoms with Crippen LogP contribution in [0, 0.1) is 5.92 Å². The van der Waals surface area contributed by atoms with Gasteiger partial charge in [0.15, 0.2) is 0 Å². The van der Waals surface area contributed by atoms with E-state index in [2.05, 4.69) is 33.8 Å². The Kier molecular flexibility index (Phi) is 3.56. The Bertz CT molecular complexity index is 783. The van der Waals surface area contributed by atoms with E-state index in [1.54, 1.807) is 6.07 Å². The van der Waals surface area contributed by atoms with Crippen LogP contribution >= 0.6 is 0 Å². The highest BCUT2D eigenvalue weighted by Gasteiger charge is 2.08. The SMILES string of the molecule is CC(C)Cc1cc(=O)[nH]c(Cc2nc3ccccc3[nH]2)n1. The lowest BCUT2D eigenvalue weighted by Gasteiger charge is -2.05. The van der Waals surface area contributed by atoms with Crippen molar-refractivity contribution in [2.24, 2.45) is 5.92 Å². The molecule has 108 valence electrons. The Morgan fingerprint density at radius 1 is 1.10 bits per heavy atom. The number of hydrogen-bond donors (Lipinski definition) is 2. The zero-order valence-electron chi connectivity index (χ0n) is 12.2. The fourth-order valence-electron chi connectivity index (χ4n) is 2.42. The molecular weight excluding hydrogens is 264 g/mol. The Hall–Kier alpha value is -2.43. The van der Waals surface area contributed by atoms with Gasteiger partial charge in [-0.15, -0.1) is 0 Å². The topological polar surface area (TPSA) is 74.4 Å². The monoisotopic (exact) mass is 282 g/mol. The molecule has 1 aromatic carbocycles. The highest BCUT2D eigenvalue weighted by atomic mass is 16.1. The van der Waals surface area contributed by atoms with Crippen LogP contribution in [0.2, 0.25) is 0 Å². The average molecular weight is 282 g/mol.